The molecule has 0 aliphatic rings. The van der Waals surface area contributed by atoms with E-state index in [-0.39, 0.29) is 15.8 Å². The van der Waals surface area contributed by atoms with E-state index in [2.05, 4.69) is 4.72 Å². The van der Waals surface area contributed by atoms with Crippen molar-refractivity contribution in [1.82, 2.24) is 4.72 Å². The zero-order valence-corrected chi connectivity index (χ0v) is 12.0. The summed E-state index contributed by atoms with van der Waals surface area (Å²) in [4.78, 5) is 10.9. The molecule has 0 bridgehead atoms. The molecule has 0 saturated heterocycles. The average molecular weight is 299 g/mol. The molecule has 2 aromatic rings. The maximum atomic E-state index is 12.3. The van der Waals surface area contributed by atoms with E-state index in [1.54, 1.807) is 38.1 Å². The highest BCUT2D eigenvalue weighted by Gasteiger charge is 2.28. The van der Waals surface area contributed by atoms with Crippen LogP contribution in [0.4, 0.5) is 0 Å². The first-order valence-electron chi connectivity index (χ1n) is 5.60. The number of rotatable bonds is 4. The van der Waals surface area contributed by atoms with E-state index in [0.717, 1.165) is 11.3 Å². The molecule has 0 atom stereocenters. The molecule has 19 heavy (non-hydrogen) atoms. The van der Waals surface area contributed by atoms with Crippen molar-refractivity contribution in [3.05, 3.63) is 29.1 Å². The van der Waals surface area contributed by atoms with E-state index in [1.807, 2.05) is 0 Å². The number of thiophene rings is 1. The van der Waals surface area contributed by atoms with Crippen molar-refractivity contribution in [3.63, 3.8) is 0 Å². The Labute approximate surface area is 114 Å². The van der Waals surface area contributed by atoms with Gasteiger partial charge in [-0.2, -0.15) is 0 Å². The Hall–Kier alpha value is -1.44. The van der Waals surface area contributed by atoms with Crippen molar-refractivity contribution >= 4 is 37.4 Å². The lowest BCUT2D eigenvalue weighted by Crippen LogP contribution is -2.31. The Bertz CT molecular complexity index is 731. The summed E-state index contributed by atoms with van der Waals surface area (Å²) in [7, 11) is -3.84. The van der Waals surface area contributed by atoms with Gasteiger partial charge in [0.25, 0.3) is 0 Å². The largest absolute Gasteiger partial charge is 0.477 e. The van der Waals surface area contributed by atoms with Gasteiger partial charge in [-0.15, -0.1) is 11.3 Å². The van der Waals surface area contributed by atoms with Crippen molar-refractivity contribution in [2.45, 2.75) is 24.8 Å². The summed E-state index contributed by atoms with van der Waals surface area (Å²) in [5, 5.41) is 9.62. The van der Waals surface area contributed by atoms with E-state index in [0.29, 0.717) is 10.1 Å². The molecular weight excluding hydrogens is 286 g/mol. The minimum absolute atomic E-state index is 0.144. The second-order valence-corrected chi connectivity index (χ2v) is 7.04. The monoisotopic (exact) mass is 299 g/mol. The first-order chi connectivity index (χ1) is 8.83. The number of carbonyl (C=O) groups is 1. The van der Waals surface area contributed by atoms with E-state index in [1.165, 1.54) is 0 Å². The highest BCUT2D eigenvalue weighted by Crippen LogP contribution is 2.34. The summed E-state index contributed by atoms with van der Waals surface area (Å²) in [6.07, 6.45) is 0. The van der Waals surface area contributed by atoms with Crippen LogP contribution in [0.5, 0.6) is 0 Å². The Balaban J connectivity index is 2.77. The Morgan fingerprint density at radius 1 is 1.32 bits per heavy atom. The number of nitrogens with one attached hydrogen (secondary N) is 1. The molecule has 0 amide bonds. The first-order valence-corrected chi connectivity index (χ1v) is 7.90. The lowest BCUT2D eigenvalue weighted by molar-refractivity contribution is 0.0698. The summed E-state index contributed by atoms with van der Waals surface area (Å²) in [6, 6.07) is 6.46. The minimum atomic E-state index is -3.84. The van der Waals surface area contributed by atoms with Gasteiger partial charge in [-0.25, -0.2) is 17.9 Å². The lowest BCUT2D eigenvalue weighted by Gasteiger charge is -2.09. The highest BCUT2D eigenvalue weighted by molar-refractivity contribution is 7.90. The number of carboxylic acid groups (broad SMARTS) is 1. The van der Waals surface area contributed by atoms with Crippen molar-refractivity contribution in [3.8, 4) is 0 Å². The molecule has 0 unspecified atom stereocenters. The van der Waals surface area contributed by atoms with Gasteiger partial charge in [-0.1, -0.05) is 18.2 Å². The van der Waals surface area contributed by atoms with Crippen LogP contribution in [0.2, 0.25) is 0 Å². The molecule has 0 saturated carbocycles. The van der Waals surface area contributed by atoms with E-state index < -0.39 is 16.0 Å². The molecule has 1 aromatic heterocycles. The zero-order valence-electron chi connectivity index (χ0n) is 10.4. The Kier molecular flexibility index (Phi) is 3.62. The molecule has 2 N–H and O–H groups in total. The normalized spacial score (nSPS) is 12.2. The Morgan fingerprint density at radius 2 is 1.95 bits per heavy atom. The SMILES string of the molecule is CC(C)NS(=O)(=O)c1c(C(=O)O)sc2ccccc12. The molecule has 7 heteroatoms. The molecule has 0 spiro atoms. The van der Waals surface area contributed by atoms with Crippen molar-refractivity contribution in [2.75, 3.05) is 0 Å². The molecule has 1 aromatic carbocycles. The highest BCUT2D eigenvalue weighted by atomic mass is 32.2. The van der Waals surface area contributed by atoms with Crippen LogP contribution in [-0.4, -0.2) is 25.5 Å². The van der Waals surface area contributed by atoms with Gasteiger partial charge in [0.05, 0.1) is 0 Å². The van der Waals surface area contributed by atoms with Gasteiger partial charge >= 0.3 is 5.97 Å². The fraction of sp³-hybridized carbons (Fsp3) is 0.250. The predicted octanol–water partition coefficient (Wildman–Crippen LogP) is 2.29. The molecular formula is C12H13NO4S2. The maximum absolute atomic E-state index is 12.3. The number of hydrogen-bond donors (Lipinski definition) is 2. The second kappa shape index (κ2) is 4.92. The fourth-order valence-electron chi connectivity index (χ4n) is 1.80. The number of benzene rings is 1. The molecule has 0 aliphatic heterocycles. The van der Waals surface area contributed by atoms with Gasteiger partial charge in [0.15, 0.2) is 0 Å². The lowest BCUT2D eigenvalue weighted by atomic mass is 10.2. The van der Waals surface area contributed by atoms with Gasteiger partial charge in [0.2, 0.25) is 10.0 Å². The number of fused-ring (bicyclic) bond motifs is 1. The van der Waals surface area contributed by atoms with Crippen LogP contribution in [0.1, 0.15) is 23.5 Å². The van der Waals surface area contributed by atoms with Crippen LogP contribution in [-0.2, 0) is 10.0 Å². The summed E-state index contributed by atoms with van der Waals surface area (Å²) in [6.45, 7) is 3.37. The number of aromatic carboxylic acids is 1. The second-order valence-electron chi connectivity index (χ2n) is 4.34. The van der Waals surface area contributed by atoms with E-state index in [9.17, 15) is 18.3 Å². The topological polar surface area (TPSA) is 83.5 Å². The van der Waals surface area contributed by atoms with Crippen LogP contribution in [0, 0.1) is 0 Å². The summed E-state index contributed by atoms with van der Waals surface area (Å²) < 4.78 is 27.6. The van der Waals surface area contributed by atoms with Gasteiger partial charge < -0.3 is 5.11 Å². The van der Waals surface area contributed by atoms with Gasteiger partial charge in [0.1, 0.15) is 9.77 Å². The van der Waals surface area contributed by atoms with E-state index >= 15 is 0 Å². The predicted molar refractivity (Wildman–Crippen MR) is 74.2 cm³/mol. The smallest absolute Gasteiger partial charge is 0.347 e. The molecule has 0 fully saturated rings. The molecule has 0 aliphatic carbocycles. The average Bonchev–Trinajstić information content (AvgIpc) is 2.66. The number of carboxylic acids is 1. The third kappa shape index (κ3) is 2.63. The summed E-state index contributed by atoms with van der Waals surface area (Å²) >= 11 is 0.967. The van der Waals surface area contributed by atoms with Crippen LogP contribution < -0.4 is 4.72 Å². The molecule has 5 nitrogen and oxygen atoms in total. The summed E-state index contributed by atoms with van der Waals surface area (Å²) in [5.41, 5.74) is 0. The van der Waals surface area contributed by atoms with Crippen LogP contribution >= 0.6 is 11.3 Å². The third-order valence-electron chi connectivity index (χ3n) is 2.40. The summed E-state index contributed by atoms with van der Waals surface area (Å²) in [5.74, 6) is -1.23. The van der Waals surface area contributed by atoms with Crippen LogP contribution in [0.15, 0.2) is 29.2 Å². The van der Waals surface area contributed by atoms with Crippen molar-refractivity contribution in [2.24, 2.45) is 0 Å². The number of hydrogen-bond acceptors (Lipinski definition) is 4. The standard InChI is InChI=1S/C12H13NO4S2/c1-7(2)13-19(16,17)11-8-5-3-4-6-9(8)18-10(11)12(14)15/h3-7,13H,1-2H3,(H,14,15). The quantitative estimate of drug-likeness (QED) is 0.907. The third-order valence-corrected chi connectivity index (χ3v) is 5.43. The van der Waals surface area contributed by atoms with Crippen molar-refractivity contribution in [1.29, 1.82) is 0 Å². The van der Waals surface area contributed by atoms with E-state index in [4.69, 9.17) is 0 Å². The van der Waals surface area contributed by atoms with Gasteiger partial charge in [-0.3, -0.25) is 0 Å². The Morgan fingerprint density at radius 3 is 2.53 bits per heavy atom. The van der Waals surface area contributed by atoms with Crippen LogP contribution in [0.3, 0.4) is 0 Å². The molecule has 2 rings (SSSR count). The maximum Gasteiger partial charge on any atom is 0.347 e. The minimum Gasteiger partial charge on any atom is -0.477 e. The molecule has 102 valence electrons. The van der Waals surface area contributed by atoms with Crippen LogP contribution in [0.25, 0.3) is 10.1 Å². The zero-order chi connectivity index (χ0) is 14.2. The van der Waals surface area contributed by atoms with Gasteiger partial charge in [-0.05, 0) is 19.9 Å². The first kappa shape index (κ1) is 14.0. The molecule has 1 heterocycles. The number of sulfonamides is 1. The van der Waals surface area contributed by atoms with Gasteiger partial charge in [0, 0.05) is 16.1 Å². The van der Waals surface area contributed by atoms with Crippen molar-refractivity contribution < 1.29 is 18.3 Å². The molecule has 0 radical (unpaired) electrons. The fourth-order valence-corrected chi connectivity index (χ4v) is 4.79.